The van der Waals surface area contributed by atoms with Gasteiger partial charge in [0.2, 0.25) is 5.28 Å². The van der Waals surface area contributed by atoms with Crippen molar-refractivity contribution in [1.29, 1.82) is 0 Å². The van der Waals surface area contributed by atoms with Crippen LogP contribution >= 0.6 is 11.6 Å². The lowest BCUT2D eigenvalue weighted by molar-refractivity contribution is 0.832. The van der Waals surface area contributed by atoms with Gasteiger partial charge in [-0.2, -0.15) is 0 Å². The predicted molar refractivity (Wildman–Crippen MR) is 82.2 cm³/mol. The van der Waals surface area contributed by atoms with Crippen LogP contribution in [0.25, 0.3) is 16.5 Å². The van der Waals surface area contributed by atoms with Gasteiger partial charge < -0.3 is 0 Å². The van der Waals surface area contributed by atoms with Crippen molar-refractivity contribution >= 4 is 28.1 Å². The highest BCUT2D eigenvalue weighted by Gasteiger charge is 2.08. The fraction of sp³-hybridized carbons (Fsp3) is 0.250. The van der Waals surface area contributed by atoms with Gasteiger partial charge in [-0.05, 0) is 36.1 Å². The third-order valence-corrected chi connectivity index (χ3v) is 2.99. The number of fused-ring (bicyclic) bond motifs is 1. The number of rotatable bonds is 3. The molecule has 98 valence electrons. The Hall–Kier alpha value is -1.67. The van der Waals surface area contributed by atoms with Gasteiger partial charge in [-0.25, -0.2) is 9.97 Å². The number of para-hydroxylation sites is 1. The highest BCUT2D eigenvalue weighted by Crippen LogP contribution is 2.25. The van der Waals surface area contributed by atoms with Crippen molar-refractivity contribution in [3.63, 3.8) is 0 Å². The van der Waals surface area contributed by atoms with Crippen molar-refractivity contribution in [2.45, 2.75) is 20.8 Å². The molecule has 0 spiro atoms. The number of hydrogen-bond donors (Lipinski definition) is 0. The quantitative estimate of drug-likeness (QED) is 0.587. The fourth-order valence-electron chi connectivity index (χ4n) is 1.88. The molecule has 0 amide bonds. The molecule has 0 N–H and O–H groups in total. The average Bonchev–Trinajstić information content (AvgIpc) is 2.38. The highest BCUT2D eigenvalue weighted by atomic mass is 35.5. The third kappa shape index (κ3) is 3.21. The van der Waals surface area contributed by atoms with Crippen LogP contribution in [0.3, 0.4) is 0 Å². The molecule has 0 aliphatic heterocycles. The Morgan fingerprint density at radius 2 is 1.95 bits per heavy atom. The molecule has 0 saturated carbocycles. The largest absolute Gasteiger partial charge is 0.223 e. The smallest absolute Gasteiger partial charge is 0.218 e. The molecule has 2 nitrogen and oxygen atoms in total. The van der Waals surface area contributed by atoms with Gasteiger partial charge in [-0.1, -0.05) is 50.3 Å². The molecule has 2 aromatic rings. The Morgan fingerprint density at radius 1 is 1.21 bits per heavy atom. The molecule has 0 bridgehead atoms. The van der Waals surface area contributed by atoms with Crippen molar-refractivity contribution in [2.75, 3.05) is 0 Å². The van der Waals surface area contributed by atoms with Gasteiger partial charge in [0.1, 0.15) is 0 Å². The molecule has 1 aromatic carbocycles. The first-order valence-corrected chi connectivity index (χ1v) is 6.76. The first-order valence-electron chi connectivity index (χ1n) is 6.39. The maximum absolute atomic E-state index is 6.01. The lowest BCUT2D eigenvalue weighted by Crippen LogP contribution is -1.94. The molecule has 2 rings (SSSR count). The van der Waals surface area contributed by atoms with E-state index in [-0.39, 0.29) is 5.28 Å². The van der Waals surface area contributed by atoms with E-state index in [1.807, 2.05) is 37.3 Å². The molecular weight excluding hydrogens is 256 g/mol. The average molecular weight is 273 g/mol. The first-order chi connectivity index (χ1) is 9.11. The van der Waals surface area contributed by atoms with E-state index in [4.69, 9.17) is 11.6 Å². The van der Waals surface area contributed by atoms with E-state index in [2.05, 4.69) is 36.0 Å². The van der Waals surface area contributed by atoms with Gasteiger partial charge in [0.25, 0.3) is 0 Å². The molecule has 1 aromatic heterocycles. The molecule has 0 radical (unpaired) electrons. The number of allylic oxidation sites excluding steroid dienone is 4. The van der Waals surface area contributed by atoms with Gasteiger partial charge in [-0.15, -0.1) is 0 Å². The lowest BCUT2D eigenvalue weighted by atomic mass is 10.0. The zero-order valence-corrected chi connectivity index (χ0v) is 12.1. The normalized spacial score (nSPS) is 12.8. The van der Waals surface area contributed by atoms with Gasteiger partial charge >= 0.3 is 0 Å². The van der Waals surface area contributed by atoms with E-state index < -0.39 is 0 Å². The summed E-state index contributed by atoms with van der Waals surface area (Å²) in [5, 5.41) is 1.31. The summed E-state index contributed by atoms with van der Waals surface area (Å²) in [7, 11) is 0. The van der Waals surface area contributed by atoms with E-state index in [1.165, 1.54) is 0 Å². The zero-order chi connectivity index (χ0) is 13.8. The lowest BCUT2D eigenvalue weighted by Gasteiger charge is -2.07. The Kier molecular flexibility index (Phi) is 4.33. The second-order valence-electron chi connectivity index (χ2n) is 4.71. The summed E-state index contributed by atoms with van der Waals surface area (Å²) in [6.45, 7) is 6.30. The van der Waals surface area contributed by atoms with Crippen LogP contribution in [-0.4, -0.2) is 9.97 Å². The summed E-state index contributed by atoms with van der Waals surface area (Å²) in [6.07, 6.45) is 6.29. The number of halogens is 1. The SMILES string of the molecule is C/C=C(\C=C/C(C)C)c1nc(Cl)nc2ccccc12. The third-order valence-electron chi connectivity index (χ3n) is 2.82. The van der Waals surface area contributed by atoms with Crippen molar-refractivity contribution in [1.82, 2.24) is 9.97 Å². The topological polar surface area (TPSA) is 25.8 Å². The van der Waals surface area contributed by atoms with Crippen LogP contribution in [0.5, 0.6) is 0 Å². The van der Waals surface area contributed by atoms with Crippen molar-refractivity contribution in [3.8, 4) is 0 Å². The monoisotopic (exact) mass is 272 g/mol. The number of nitrogens with zero attached hydrogens (tertiary/aromatic N) is 2. The molecule has 19 heavy (non-hydrogen) atoms. The predicted octanol–water partition coefficient (Wildman–Crippen LogP) is 4.90. The van der Waals surface area contributed by atoms with Crippen LogP contribution in [0.15, 0.2) is 42.5 Å². The summed E-state index contributed by atoms with van der Waals surface area (Å²) < 4.78 is 0. The molecule has 0 saturated heterocycles. The number of aromatic nitrogens is 2. The first kappa shape index (κ1) is 13.8. The minimum absolute atomic E-state index is 0.283. The summed E-state index contributed by atoms with van der Waals surface area (Å²) in [6, 6.07) is 7.91. The summed E-state index contributed by atoms with van der Waals surface area (Å²) in [5.41, 5.74) is 2.82. The molecule has 0 aliphatic carbocycles. The van der Waals surface area contributed by atoms with Crippen LogP contribution in [0, 0.1) is 5.92 Å². The second kappa shape index (κ2) is 5.98. The van der Waals surface area contributed by atoms with Crippen molar-refractivity contribution in [2.24, 2.45) is 5.92 Å². The van der Waals surface area contributed by atoms with Crippen molar-refractivity contribution in [3.05, 3.63) is 53.5 Å². The van der Waals surface area contributed by atoms with Gasteiger partial charge in [-0.3, -0.25) is 0 Å². The number of benzene rings is 1. The minimum Gasteiger partial charge on any atom is -0.218 e. The molecule has 0 atom stereocenters. The van der Waals surface area contributed by atoms with E-state index in [0.717, 1.165) is 22.2 Å². The second-order valence-corrected chi connectivity index (χ2v) is 5.04. The van der Waals surface area contributed by atoms with E-state index in [1.54, 1.807) is 0 Å². The molecular formula is C16H17ClN2. The van der Waals surface area contributed by atoms with Gasteiger partial charge in [0.15, 0.2) is 0 Å². The number of hydrogen-bond acceptors (Lipinski definition) is 2. The Morgan fingerprint density at radius 3 is 2.63 bits per heavy atom. The van der Waals surface area contributed by atoms with E-state index in [0.29, 0.717) is 5.92 Å². The summed E-state index contributed by atoms with van der Waals surface area (Å²) >= 11 is 6.01. The van der Waals surface area contributed by atoms with E-state index in [9.17, 15) is 0 Å². The van der Waals surface area contributed by atoms with Crippen LogP contribution in [-0.2, 0) is 0 Å². The van der Waals surface area contributed by atoms with Crippen LogP contribution < -0.4 is 0 Å². The highest BCUT2D eigenvalue weighted by molar-refractivity contribution is 6.28. The molecule has 0 fully saturated rings. The van der Waals surface area contributed by atoms with Crippen LogP contribution in [0.4, 0.5) is 0 Å². The molecule has 0 unspecified atom stereocenters. The van der Waals surface area contributed by atoms with Crippen LogP contribution in [0.2, 0.25) is 5.28 Å². The fourth-order valence-corrected chi connectivity index (χ4v) is 2.05. The summed E-state index contributed by atoms with van der Waals surface area (Å²) in [4.78, 5) is 8.64. The van der Waals surface area contributed by atoms with Crippen LogP contribution in [0.1, 0.15) is 26.5 Å². The Balaban J connectivity index is 2.60. The van der Waals surface area contributed by atoms with Gasteiger partial charge in [0.05, 0.1) is 11.2 Å². The minimum atomic E-state index is 0.283. The standard InChI is InChI=1S/C16H17ClN2/c1-4-12(10-9-11(2)3)15-13-7-5-6-8-14(13)18-16(17)19-15/h4-11H,1-3H3/b10-9-,12-4+. The zero-order valence-electron chi connectivity index (χ0n) is 11.4. The maximum atomic E-state index is 6.01. The van der Waals surface area contributed by atoms with Crippen molar-refractivity contribution < 1.29 is 0 Å². The van der Waals surface area contributed by atoms with E-state index >= 15 is 0 Å². The summed E-state index contributed by atoms with van der Waals surface area (Å²) in [5.74, 6) is 0.499. The molecule has 0 aliphatic rings. The maximum Gasteiger partial charge on any atom is 0.223 e. The van der Waals surface area contributed by atoms with Gasteiger partial charge in [0, 0.05) is 5.39 Å². The molecule has 3 heteroatoms. The Labute approximate surface area is 118 Å². The Bertz CT molecular complexity index is 642. The molecule has 1 heterocycles.